The van der Waals surface area contributed by atoms with Gasteiger partial charge in [-0.25, -0.2) is 0 Å². The predicted octanol–water partition coefficient (Wildman–Crippen LogP) is -0.509. The fourth-order valence-electron chi connectivity index (χ4n) is 1.22. The summed E-state index contributed by atoms with van der Waals surface area (Å²) in [7, 11) is 1.52. The second kappa shape index (κ2) is 4.01. The molecule has 11 heavy (non-hydrogen) atoms. The summed E-state index contributed by atoms with van der Waals surface area (Å²) in [6.45, 7) is -0.0586. The first kappa shape index (κ1) is 8.93. The maximum Gasteiger partial charge on any atom is 0.160 e. The maximum absolute atomic E-state index is 9.24. The van der Waals surface area contributed by atoms with Crippen LogP contribution in [0.2, 0.25) is 0 Å². The lowest BCUT2D eigenvalue weighted by molar-refractivity contribution is -0.210. The van der Waals surface area contributed by atoms with Crippen molar-refractivity contribution in [3.8, 4) is 0 Å². The van der Waals surface area contributed by atoms with E-state index < -0.39 is 6.10 Å². The van der Waals surface area contributed by atoms with Crippen LogP contribution in [-0.2, 0) is 9.47 Å². The Morgan fingerprint density at radius 3 is 2.82 bits per heavy atom. The third kappa shape index (κ3) is 2.41. The number of ether oxygens (including phenoxy) is 2. The van der Waals surface area contributed by atoms with Crippen LogP contribution < -0.4 is 0 Å². The summed E-state index contributed by atoms with van der Waals surface area (Å²) < 4.78 is 10.1. The van der Waals surface area contributed by atoms with Crippen molar-refractivity contribution >= 4 is 0 Å². The molecule has 0 aromatic carbocycles. The topological polar surface area (TPSA) is 58.9 Å². The zero-order valence-electron chi connectivity index (χ0n) is 6.56. The van der Waals surface area contributed by atoms with Crippen LogP contribution in [0.25, 0.3) is 0 Å². The van der Waals surface area contributed by atoms with Crippen molar-refractivity contribution in [3.05, 3.63) is 0 Å². The number of hydrogen-bond donors (Lipinski definition) is 2. The lowest BCUT2D eigenvalue weighted by Gasteiger charge is -2.30. The summed E-state index contributed by atoms with van der Waals surface area (Å²) >= 11 is 0. The van der Waals surface area contributed by atoms with Crippen LogP contribution in [0.1, 0.15) is 12.8 Å². The van der Waals surface area contributed by atoms with Crippen molar-refractivity contribution in [2.75, 3.05) is 13.7 Å². The van der Waals surface area contributed by atoms with E-state index in [1.165, 1.54) is 7.11 Å². The van der Waals surface area contributed by atoms with Gasteiger partial charge in [-0.15, -0.1) is 0 Å². The molecule has 0 saturated carbocycles. The van der Waals surface area contributed by atoms with E-state index in [1.807, 2.05) is 0 Å². The zero-order valence-corrected chi connectivity index (χ0v) is 6.56. The van der Waals surface area contributed by atoms with Crippen molar-refractivity contribution in [2.45, 2.75) is 31.3 Å². The second-order valence-electron chi connectivity index (χ2n) is 2.73. The fourth-order valence-corrected chi connectivity index (χ4v) is 1.22. The molecule has 0 radical (unpaired) electrons. The number of aliphatic hydroxyl groups excluding tert-OH is 2. The summed E-state index contributed by atoms with van der Waals surface area (Å²) in [6.07, 6.45) is -0.0611. The minimum atomic E-state index is -0.411. The van der Waals surface area contributed by atoms with Crippen LogP contribution >= 0.6 is 0 Å². The van der Waals surface area contributed by atoms with E-state index in [1.54, 1.807) is 0 Å². The van der Waals surface area contributed by atoms with E-state index in [0.29, 0.717) is 12.8 Å². The van der Waals surface area contributed by atoms with E-state index >= 15 is 0 Å². The van der Waals surface area contributed by atoms with E-state index in [2.05, 4.69) is 0 Å². The molecular formula is C7H14O4. The fraction of sp³-hybridized carbons (Fsp3) is 1.00. The monoisotopic (exact) mass is 162 g/mol. The Bertz CT molecular complexity index is 105. The molecule has 1 unspecified atom stereocenters. The van der Waals surface area contributed by atoms with Gasteiger partial charge in [0.2, 0.25) is 0 Å². The maximum atomic E-state index is 9.24. The number of rotatable bonds is 2. The first-order valence-electron chi connectivity index (χ1n) is 3.73. The van der Waals surface area contributed by atoms with Gasteiger partial charge in [-0.3, -0.25) is 0 Å². The molecule has 0 amide bonds. The van der Waals surface area contributed by atoms with Gasteiger partial charge in [0.05, 0.1) is 18.8 Å². The normalized spacial score (nSPS) is 39.0. The minimum Gasteiger partial charge on any atom is -0.394 e. The van der Waals surface area contributed by atoms with Crippen molar-refractivity contribution < 1.29 is 19.7 Å². The molecule has 1 rings (SSSR count). The largest absolute Gasteiger partial charge is 0.394 e. The smallest absolute Gasteiger partial charge is 0.160 e. The van der Waals surface area contributed by atoms with E-state index in [-0.39, 0.29) is 19.0 Å². The van der Waals surface area contributed by atoms with Crippen molar-refractivity contribution in [3.63, 3.8) is 0 Å². The predicted molar refractivity (Wildman–Crippen MR) is 38.0 cm³/mol. The molecule has 0 spiro atoms. The van der Waals surface area contributed by atoms with Gasteiger partial charge < -0.3 is 19.7 Å². The lowest BCUT2D eigenvalue weighted by Crippen LogP contribution is -2.38. The molecule has 0 aromatic heterocycles. The molecule has 0 aliphatic carbocycles. The second-order valence-corrected chi connectivity index (χ2v) is 2.73. The highest BCUT2D eigenvalue weighted by atomic mass is 16.7. The SMILES string of the molecule is COC1C[C@H](O)C[C@@H](CO)O1. The molecule has 1 fully saturated rings. The van der Waals surface area contributed by atoms with E-state index in [9.17, 15) is 5.11 Å². The Morgan fingerprint density at radius 1 is 1.55 bits per heavy atom. The Morgan fingerprint density at radius 2 is 2.27 bits per heavy atom. The van der Waals surface area contributed by atoms with E-state index in [0.717, 1.165) is 0 Å². The van der Waals surface area contributed by atoms with Gasteiger partial charge in [0.25, 0.3) is 0 Å². The standard InChI is InChI=1S/C7H14O4/c1-10-7-3-5(9)2-6(4-8)11-7/h5-9H,2-4H2,1H3/t5-,6+,7?/m1/s1. The summed E-state index contributed by atoms with van der Waals surface area (Å²) in [5, 5.41) is 18.0. The summed E-state index contributed by atoms with van der Waals surface area (Å²) in [5.74, 6) is 0. The highest BCUT2D eigenvalue weighted by Gasteiger charge is 2.27. The van der Waals surface area contributed by atoms with Crippen LogP contribution in [0.5, 0.6) is 0 Å². The highest BCUT2D eigenvalue weighted by Crippen LogP contribution is 2.19. The van der Waals surface area contributed by atoms with Gasteiger partial charge in [0.1, 0.15) is 0 Å². The van der Waals surface area contributed by atoms with Crippen LogP contribution in [0.15, 0.2) is 0 Å². The molecular weight excluding hydrogens is 148 g/mol. The Labute approximate surface area is 65.7 Å². The third-order valence-corrected chi connectivity index (χ3v) is 1.81. The first-order chi connectivity index (χ1) is 5.26. The molecule has 4 heteroatoms. The number of methoxy groups -OCH3 is 1. The third-order valence-electron chi connectivity index (χ3n) is 1.81. The van der Waals surface area contributed by atoms with Crippen molar-refractivity contribution in [1.82, 2.24) is 0 Å². The Balaban J connectivity index is 2.37. The molecule has 4 nitrogen and oxygen atoms in total. The van der Waals surface area contributed by atoms with Gasteiger partial charge in [0, 0.05) is 20.0 Å². The zero-order chi connectivity index (χ0) is 8.27. The first-order valence-corrected chi connectivity index (χ1v) is 3.73. The molecule has 2 N–H and O–H groups in total. The minimum absolute atomic E-state index is 0.0586. The molecule has 0 aromatic rings. The highest BCUT2D eigenvalue weighted by molar-refractivity contribution is 4.72. The molecule has 1 aliphatic rings. The van der Waals surface area contributed by atoms with Gasteiger partial charge >= 0.3 is 0 Å². The van der Waals surface area contributed by atoms with Crippen LogP contribution in [-0.4, -0.2) is 42.4 Å². The van der Waals surface area contributed by atoms with Crippen molar-refractivity contribution in [2.24, 2.45) is 0 Å². The average molecular weight is 162 g/mol. The summed E-state index contributed by atoms with van der Waals surface area (Å²) in [6, 6.07) is 0. The van der Waals surface area contributed by atoms with Crippen LogP contribution in [0.3, 0.4) is 0 Å². The number of aliphatic hydroxyl groups is 2. The van der Waals surface area contributed by atoms with E-state index in [4.69, 9.17) is 14.6 Å². The van der Waals surface area contributed by atoms with Gasteiger partial charge in [-0.1, -0.05) is 0 Å². The van der Waals surface area contributed by atoms with Crippen LogP contribution in [0.4, 0.5) is 0 Å². The van der Waals surface area contributed by atoms with Gasteiger partial charge in [0.15, 0.2) is 6.29 Å². The molecule has 1 aliphatic heterocycles. The van der Waals surface area contributed by atoms with Crippen molar-refractivity contribution in [1.29, 1.82) is 0 Å². The van der Waals surface area contributed by atoms with Gasteiger partial charge in [-0.2, -0.15) is 0 Å². The lowest BCUT2D eigenvalue weighted by atomic mass is 10.1. The Kier molecular flexibility index (Phi) is 3.26. The molecule has 3 atom stereocenters. The van der Waals surface area contributed by atoms with Gasteiger partial charge in [-0.05, 0) is 0 Å². The summed E-state index contributed by atoms with van der Waals surface area (Å²) in [4.78, 5) is 0. The summed E-state index contributed by atoms with van der Waals surface area (Å²) in [5.41, 5.74) is 0. The quantitative estimate of drug-likeness (QED) is 0.574. The molecule has 66 valence electrons. The Hall–Kier alpha value is -0.160. The van der Waals surface area contributed by atoms with Crippen LogP contribution in [0, 0.1) is 0 Å². The molecule has 1 saturated heterocycles. The molecule has 0 bridgehead atoms. The number of hydrogen-bond acceptors (Lipinski definition) is 4. The molecule has 1 heterocycles. The average Bonchev–Trinajstić information content (AvgIpc) is 2.03.